The maximum atomic E-state index is 4.80. The first-order valence-electron chi connectivity index (χ1n) is 14.4. The van der Waals surface area contributed by atoms with Crippen molar-refractivity contribution in [2.75, 3.05) is 19.6 Å². The first kappa shape index (κ1) is 27.4. The standard InChI is InChI=1S/C29H55N3/c1-5-8-10-11-19-28(15-7-3)29-22-30-32(25-29)24-27-18-14-21-31(23-27)20-13-12-17-26(4)16-9-6-2/h22,25-28H,5-21,23-24H2,1-4H3/t26?,27-,28?/m1/s1. The number of nitrogens with zero attached hydrogens (tertiary/aromatic N) is 3. The van der Waals surface area contributed by atoms with E-state index in [1.165, 1.54) is 122 Å². The largest absolute Gasteiger partial charge is 0.303 e. The second kappa shape index (κ2) is 16.7. The van der Waals surface area contributed by atoms with Crippen LogP contribution in [0.15, 0.2) is 12.4 Å². The van der Waals surface area contributed by atoms with Crippen molar-refractivity contribution >= 4 is 0 Å². The Hall–Kier alpha value is -0.830. The van der Waals surface area contributed by atoms with E-state index < -0.39 is 0 Å². The molecule has 3 heteroatoms. The molecule has 1 aliphatic rings. The van der Waals surface area contributed by atoms with Crippen LogP contribution in [0, 0.1) is 11.8 Å². The van der Waals surface area contributed by atoms with Crippen molar-refractivity contribution in [3.8, 4) is 0 Å². The molecular weight excluding hydrogens is 390 g/mol. The third kappa shape index (κ3) is 10.9. The molecule has 0 saturated carbocycles. The van der Waals surface area contributed by atoms with E-state index in [4.69, 9.17) is 5.10 Å². The Morgan fingerprint density at radius 2 is 1.69 bits per heavy atom. The number of hydrogen-bond donors (Lipinski definition) is 0. The monoisotopic (exact) mass is 445 g/mol. The van der Waals surface area contributed by atoms with Crippen LogP contribution in [0.4, 0.5) is 0 Å². The van der Waals surface area contributed by atoms with Gasteiger partial charge in [-0.3, -0.25) is 4.68 Å². The van der Waals surface area contributed by atoms with Crippen LogP contribution in [-0.2, 0) is 6.54 Å². The van der Waals surface area contributed by atoms with E-state index in [0.29, 0.717) is 5.92 Å². The van der Waals surface area contributed by atoms with Gasteiger partial charge in [-0.1, -0.05) is 91.9 Å². The normalized spacial score (nSPS) is 19.3. The summed E-state index contributed by atoms with van der Waals surface area (Å²) >= 11 is 0. The summed E-state index contributed by atoms with van der Waals surface area (Å²) in [5.74, 6) is 2.41. The minimum Gasteiger partial charge on any atom is -0.303 e. The lowest BCUT2D eigenvalue weighted by Crippen LogP contribution is -2.37. The van der Waals surface area contributed by atoms with Crippen molar-refractivity contribution in [3.05, 3.63) is 18.0 Å². The predicted molar refractivity (Wildman–Crippen MR) is 140 cm³/mol. The fraction of sp³-hybridized carbons (Fsp3) is 0.897. The molecule has 186 valence electrons. The van der Waals surface area contributed by atoms with Gasteiger partial charge in [0.1, 0.15) is 0 Å². The van der Waals surface area contributed by atoms with E-state index in [1.807, 2.05) is 0 Å². The summed E-state index contributed by atoms with van der Waals surface area (Å²) in [6.45, 7) is 14.4. The Morgan fingerprint density at radius 3 is 2.47 bits per heavy atom. The van der Waals surface area contributed by atoms with Crippen LogP contribution in [0.25, 0.3) is 0 Å². The molecule has 1 aliphatic heterocycles. The molecule has 2 unspecified atom stereocenters. The lowest BCUT2D eigenvalue weighted by Gasteiger charge is -2.32. The van der Waals surface area contributed by atoms with Crippen LogP contribution in [0.2, 0.25) is 0 Å². The van der Waals surface area contributed by atoms with Crippen LogP contribution < -0.4 is 0 Å². The van der Waals surface area contributed by atoms with Gasteiger partial charge in [-0.05, 0) is 68.5 Å². The molecule has 2 heterocycles. The van der Waals surface area contributed by atoms with E-state index in [2.05, 4.69) is 49.7 Å². The minimum absolute atomic E-state index is 0.716. The maximum absolute atomic E-state index is 4.80. The van der Waals surface area contributed by atoms with E-state index in [1.54, 1.807) is 0 Å². The van der Waals surface area contributed by atoms with Gasteiger partial charge in [0, 0.05) is 19.3 Å². The molecule has 3 nitrogen and oxygen atoms in total. The Bertz CT molecular complexity index is 567. The Labute approximate surface area is 200 Å². The van der Waals surface area contributed by atoms with Gasteiger partial charge in [0.25, 0.3) is 0 Å². The first-order valence-corrected chi connectivity index (χ1v) is 14.4. The molecular formula is C29H55N3. The lowest BCUT2D eigenvalue weighted by molar-refractivity contribution is 0.156. The van der Waals surface area contributed by atoms with Crippen molar-refractivity contribution in [2.45, 2.75) is 136 Å². The van der Waals surface area contributed by atoms with E-state index in [-0.39, 0.29) is 0 Å². The zero-order valence-corrected chi connectivity index (χ0v) is 22.2. The molecule has 3 atom stereocenters. The van der Waals surface area contributed by atoms with Gasteiger partial charge in [-0.15, -0.1) is 0 Å². The lowest BCUT2D eigenvalue weighted by atomic mass is 9.91. The molecule has 32 heavy (non-hydrogen) atoms. The summed E-state index contributed by atoms with van der Waals surface area (Å²) < 4.78 is 2.27. The molecule has 0 aliphatic carbocycles. The molecule has 0 bridgehead atoms. The summed E-state index contributed by atoms with van der Waals surface area (Å²) in [5.41, 5.74) is 1.49. The smallest absolute Gasteiger partial charge is 0.0524 e. The molecule has 0 spiro atoms. The highest BCUT2D eigenvalue weighted by Gasteiger charge is 2.21. The molecule has 1 aromatic heterocycles. The molecule has 1 saturated heterocycles. The van der Waals surface area contributed by atoms with E-state index >= 15 is 0 Å². The Morgan fingerprint density at radius 1 is 0.906 bits per heavy atom. The third-order valence-electron chi connectivity index (χ3n) is 7.69. The highest BCUT2D eigenvalue weighted by molar-refractivity contribution is 5.11. The molecule has 0 N–H and O–H groups in total. The second-order valence-corrected chi connectivity index (χ2v) is 10.9. The molecule has 1 aromatic rings. The highest BCUT2D eigenvalue weighted by atomic mass is 15.3. The minimum atomic E-state index is 0.716. The molecule has 2 rings (SSSR count). The fourth-order valence-electron chi connectivity index (χ4n) is 5.63. The highest BCUT2D eigenvalue weighted by Crippen LogP contribution is 2.28. The molecule has 0 aromatic carbocycles. The van der Waals surface area contributed by atoms with Crippen molar-refractivity contribution in [2.24, 2.45) is 11.8 Å². The van der Waals surface area contributed by atoms with Gasteiger partial charge < -0.3 is 4.90 Å². The Kier molecular flexibility index (Phi) is 14.3. The summed E-state index contributed by atoms with van der Waals surface area (Å²) in [7, 11) is 0. The van der Waals surface area contributed by atoms with Crippen LogP contribution in [0.3, 0.4) is 0 Å². The average Bonchev–Trinajstić information content (AvgIpc) is 3.26. The van der Waals surface area contributed by atoms with Crippen LogP contribution in [0.5, 0.6) is 0 Å². The van der Waals surface area contributed by atoms with Gasteiger partial charge in [0.15, 0.2) is 0 Å². The van der Waals surface area contributed by atoms with Gasteiger partial charge >= 0.3 is 0 Å². The number of hydrogen-bond acceptors (Lipinski definition) is 2. The quantitative estimate of drug-likeness (QED) is 0.211. The number of aromatic nitrogens is 2. The zero-order chi connectivity index (χ0) is 23.0. The van der Waals surface area contributed by atoms with Crippen LogP contribution in [-0.4, -0.2) is 34.3 Å². The maximum Gasteiger partial charge on any atom is 0.0524 e. The molecule has 0 radical (unpaired) electrons. The average molecular weight is 446 g/mol. The SMILES string of the molecule is CCCCCCC(CCC)c1cnn(C[C@@H]2CCCN(CCCCC(C)CCCC)C2)c1. The van der Waals surface area contributed by atoms with E-state index in [0.717, 1.165) is 18.4 Å². The van der Waals surface area contributed by atoms with Crippen molar-refractivity contribution in [1.29, 1.82) is 0 Å². The zero-order valence-electron chi connectivity index (χ0n) is 22.2. The number of likely N-dealkylation sites (tertiary alicyclic amines) is 1. The fourth-order valence-corrected chi connectivity index (χ4v) is 5.63. The second-order valence-electron chi connectivity index (χ2n) is 10.9. The topological polar surface area (TPSA) is 21.1 Å². The third-order valence-corrected chi connectivity index (χ3v) is 7.69. The summed E-state index contributed by atoms with van der Waals surface area (Å²) in [4.78, 5) is 2.74. The molecule has 0 amide bonds. The summed E-state index contributed by atoms with van der Waals surface area (Å²) in [6, 6.07) is 0. The van der Waals surface area contributed by atoms with Crippen LogP contribution >= 0.6 is 0 Å². The number of rotatable bonds is 18. The number of piperidine rings is 1. The predicted octanol–water partition coefficient (Wildman–Crippen LogP) is 8.45. The van der Waals surface area contributed by atoms with Gasteiger partial charge in [-0.2, -0.15) is 5.10 Å². The van der Waals surface area contributed by atoms with Gasteiger partial charge in [-0.25, -0.2) is 0 Å². The summed E-state index contributed by atoms with van der Waals surface area (Å²) in [6.07, 6.45) is 25.1. The van der Waals surface area contributed by atoms with Gasteiger partial charge in [0.05, 0.1) is 6.20 Å². The van der Waals surface area contributed by atoms with Gasteiger partial charge in [0.2, 0.25) is 0 Å². The van der Waals surface area contributed by atoms with Crippen molar-refractivity contribution in [1.82, 2.24) is 14.7 Å². The number of unbranched alkanes of at least 4 members (excludes halogenated alkanes) is 5. The van der Waals surface area contributed by atoms with Crippen molar-refractivity contribution < 1.29 is 0 Å². The Balaban J connectivity index is 1.72. The summed E-state index contributed by atoms with van der Waals surface area (Å²) in [5, 5.41) is 4.80. The van der Waals surface area contributed by atoms with Crippen molar-refractivity contribution in [3.63, 3.8) is 0 Å². The van der Waals surface area contributed by atoms with Crippen LogP contribution in [0.1, 0.15) is 135 Å². The molecule has 1 fully saturated rings. The first-order chi connectivity index (χ1) is 15.7. The van der Waals surface area contributed by atoms with E-state index in [9.17, 15) is 0 Å².